The monoisotopic (exact) mass is 399 g/mol. The van der Waals surface area contributed by atoms with E-state index in [4.69, 9.17) is 16.7 Å². The zero-order chi connectivity index (χ0) is 19.5. The molecule has 0 saturated heterocycles. The Bertz CT molecular complexity index is 964. The summed E-state index contributed by atoms with van der Waals surface area (Å²) in [7, 11) is 0. The number of aromatic nitrogens is 2. The molecule has 4 fully saturated rings. The molecule has 4 bridgehead atoms. The van der Waals surface area contributed by atoms with Crippen molar-refractivity contribution < 1.29 is 9.90 Å². The van der Waals surface area contributed by atoms with Gasteiger partial charge in [-0.25, -0.2) is 9.48 Å². The first-order chi connectivity index (χ1) is 13.4. The first-order valence-corrected chi connectivity index (χ1v) is 10.2. The lowest BCUT2D eigenvalue weighted by molar-refractivity contribution is -0.0518. The van der Waals surface area contributed by atoms with Crippen molar-refractivity contribution >= 4 is 28.9 Å². The summed E-state index contributed by atoms with van der Waals surface area (Å²) in [6.07, 6.45) is 8.62. The molecule has 1 heterocycles. The van der Waals surface area contributed by atoms with Gasteiger partial charge < -0.3 is 10.4 Å². The van der Waals surface area contributed by atoms with E-state index in [0.29, 0.717) is 29.1 Å². The van der Waals surface area contributed by atoms with E-state index in [0.717, 1.165) is 19.3 Å². The molecule has 0 radical (unpaired) electrons. The molecule has 7 heteroatoms. The molecule has 0 spiro atoms. The van der Waals surface area contributed by atoms with E-state index in [1.54, 1.807) is 23.0 Å². The largest absolute Gasteiger partial charge is 0.478 e. The summed E-state index contributed by atoms with van der Waals surface area (Å²) < 4.78 is 1.67. The fourth-order valence-electron chi connectivity index (χ4n) is 6.03. The van der Waals surface area contributed by atoms with Gasteiger partial charge in [-0.3, -0.25) is 4.79 Å². The fraction of sp³-hybridized carbons (Fsp3) is 0.476. The van der Waals surface area contributed by atoms with Crippen molar-refractivity contribution in [2.75, 3.05) is 5.32 Å². The second-order valence-electron chi connectivity index (χ2n) is 8.74. The van der Waals surface area contributed by atoms with E-state index in [2.05, 4.69) is 10.4 Å². The highest BCUT2D eigenvalue weighted by molar-refractivity contribution is 6.33. The van der Waals surface area contributed by atoms with Gasteiger partial charge in [0.25, 0.3) is 5.56 Å². The number of hydrogen-bond donors (Lipinski definition) is 2. The molecule has 4 aliphatic rings. The fourth-order valence-corrected chi connectivity index (χ4v) is 6.21. The molecule has 1 aromatic carbocycles. The highest BCUT2D eigenvalue weighted by atomic mass is 35.5. The average molecular weight is 400 g/mol. The van der Waals surface area contributed by atoms with Gasteiger partial charge in [0.1, 0.15) is 5.02 Å². The molecule has 0 aliphatic heterocycles. The van der Waals surface area contributed by atoms with Gasteiger partial charge in [-0.2, -0.15) is 5.10 Å². The van der Waals surface area contributed by atoms with E-state index in [-0.39, 0.29) is 21.7 Å². The smallest absolute Gasteiger partial charge is 0.335 e. The van der Waals surface area contributed by atoms with Crippen LogP contribution in [-0.4, -0.2) is 20.9 Å². The first-order valence-electron chi connectivity index (χ1n) is 9.82. The molecule has 0 atom stereocenters. The summed E-state index contributed by atoms with van der Waals surface area (Å²) in [5.41, 5.74) is 0.885. The zero-order valence-electron chi connectivity index (χ0n) is 15.4. The highest BCUT2D eigenvalue weighted by Crippen LogP contribution is 2.58. The Balaban J connectivity index is 1.45. The van der Waals surface area contributed by atoms with Crippen molar-refractivity contribution in [3.05, 3.63) is 51.4 Å². The van der Waals surface area contributed by atoms with Crippen molar-refractivity contribution in [2.24, 2.45) is 17.8 Å². The Morgan fingerprint density at radius 2 is 1.68 bits per heavy atom. The van der Waals surface area contributed by atoms with Crippen molar-refractivity contribution in [1.82, 2.24) is 9.78 Å². The minimum atomic E-state index is -0.982. The number of rotatable bonds is 4. The molecule has 6 rings (SSSR count). The van der Waals surface area contributed by atoms with Gasteiger partial charge in [-0.05, 0) is 80.5 Å². The number of benzene rings is 1. The number of aromatic carboxylic acids is 1. The van der Waals surface area contributed by atoms with Crippen LogP contribution in [0.4, 0.5) is 11.4 Å². The maximum absolute atomic E-state index is 13.1. The highest BCUT2D eigenvalue weighted by Gasteiger charge is 2.53. The number of hydrogen-bond acceptors (Lipinski definition) is 4. The lowest BCUT2D eigenvalue weighted by Gasteiger charge is -2.56. The minimum absolute atomic E-state index is 0.132. The topological polar surface area (TPSA) is 84.2 Å². The van der Waals surface area contributed by atoms with Crippen molar-refractivity contribution in [3.8, 4) is 0 Å². The van der Waals surface area contributed by atoms with Gasteiger partial charge in [0, 0.05) is 5.69 Å². The van der Waals surface area contributed by atoms with E-state index < -0.39 is 5.97 Å². The lowest BCUT2D eigenvalue weighted by atomic mass is 9.53. The van der Waals surface area contributed by atoms with Gasteiger partial charge in [0.15, 0.2) is 0 Å². The number of nitrogens with zero attached hydrogens (tertiary/aromatic N) is 2. The van der Waals surface area contributed by atoms with Crippen LogP contribution in [-0.2, 0) is 5.54 Å². The van der Waals surface area contributed by atoms with Crippen LogP contribution in [0.5, 0.6) is 0 Å². The standard InChI is InChI=1S/C21H22ClN3O3/c22-18-17(24-16-3-1-15(2-4-16)20(27)28)11-23-25(19(18)26)21-8-12-5-13(9-21)7-14(6-12)10-21/h1-4,11-14,24H,5-10H2,(H,27,28). The molecular formula is C21H22ClN3O3. The normalized spacial score (nSPS) is 30.4. The Morgan fingerprint density at radius 3 is 2.21 bits per heavy atom. The van der Waals surface area contributed by atoms with Crippen LogP contribution in [0.15, 0.2) is 35.3 Å². The summed E-state index contributed by atoms with van der Waals surface area (Å²) in [4.78, 5) is 24.1. The molecule has 4 aliphatic carbocycles. The average Bonchev–Trinajstić information content (AvgIpc) is 2.65. The number of anilines is 2. The number of nitrogens with one attached hydrogen (secondary N) is 1. The van der Waals surface area contributed by atoms with Crippen LogP contribution in [0.1, 0.15) is 48.9 Å². The van der Waals surface area contributed by atoms with E-state index >= 15 is 0 Å². The van der Waals surface area contributed by atoms with E-state index in [9.17, 15) is 9.59 Å². The van der Waals surface area contributed by atoms with Crippen molar-refractivity contribution in [3.63, 3.8) is 0 Å². The molecule has 1 aromatic heterocycles. The van der Waals surface area contributed by atoms with Crippen molar-refractivity contribution in [2.45, 2.75) is 44.1 Å². The Morgan fingerprint density at radius 1 is 1.11 bits per heavy atom. The predicted molar refractivity (Wildman–Crippen MR) is 106 cm³/mol. The van der Waals surface area contributed by atoms with Crippen LogP contribution in [0, 0.1) is 17.8 Å². The van der Waals surface area contributed by atoms with Crippen LogP contribution >= 0.6 is 11.6 Å². The van der Waals surface area contributed by atoms with Crippen LogP contribution in [0.25, 0.3) is 0 Å². The molecular weight excluding hydrogens is 378 g/mol. The summed E-state index contributed by atoms with van der Waals surface area (Å²) in [5, 5.41) is 16.7. The third-order valence-electron chi connectivity index (χ3n) is 6.78. The van der Waals surface area contributed by atoms with Crippen LogP contribution in [0.2, 0.25) is 5.02 Å². The van der Waals surface area contributed by atoms with Crippen LogP contribution in [0.3, 0.4) is 0 Å². The molecule has 0 amide bonds. The zero-order valence-corrected chi connectivity index (χ0v) is 16.2. The molecule has 2 aromatic rings. The Hall–Kier alpha value is -2.34. The number of halogens is 1. The van der Waals surface area contributed by atoms with Gasteiger partial charge in [-0.15, -0.1) is 0 Å². The maximum atomic E-state index is 13.1. The third-order valence-corrected chi connectivity index (χ3v) is 7.15. The van der Waals surface area contributed by atoms with Gasteiger partial charge in [0.2, 0.25) is 0 Å². The Kier molecular flexibility index (Phi) is 4.02. The molecule has 0 unspecified atom stereocenters. The van der Waals surface area contributed by atoms with Crippen LogP contribution < -0.4 is 10.9 Å². The third kappa shape index (κ3) is 2.82. The quantitative estimate of drug-likeness (QED) is 0.802. The molecule has 6 nitrogen and oxygen atoms in total. The number of carboxylic acids is 1. The number of carboxylic acid groups (broad SMARTS) is 1. The maximum Gasteiger partial charge on any atom is 0.335 e. The molecule has 146 valence electrons. The van der Waals surface area contributed by atoms with E-state index in [1.165, 1.54) is 31.4 Å². The van der Waals surface area contributed by atoms with Gasteiger partial charge in [-0.1, -0.05) is 11.6 Å². The second-order valence-corrected chi connectivity index (χ2v) is 9.12. The first kappa shape index (κ1) is 17.7. The van der Waals surface area contributed by atoms with Crippen molar-refractivity contribution in [1.29, 1.82) is 0 Å². The van der Waals surface area contributed by atoms with Gasteiger partial charge in [0.05, 0.1) is 23.0 Å². The molecule has 2 N–H and O–H groups in total. The summed E-state index contributed by atoms with van der Waals surface area (Å²) in [6, 6.07) is 6.29. The Labute approximate surface area is 167 Å². The summed E-state index contributed by atoms with van der Waals surface area (Å²) in [5.74, 6) is 1.15. The molecule has 4 saturated carbocycles. The van der Waals surface area contributed by atoms with Gasteiger partial charge >= 0.3 is 5.97 Å². The predicted octanol–water partition coefficient (Wildman–Crippen LogP) is 4.26. The second kappa shape index (κ2) is 6.34. The number of carbonyl (C=O) groups is 1. The molecule has 28 heavy (non-hydrogen) atoms. The lowest BCUT2D eigenvalue weighted by Crippen LogP contribution is -2.55. The van der Waals surface area contributed by atoms with E-state index in [1.807, 2.05) is 0 Å². The summed E-state index contributed by atoms with van der Waals surface area (Å²) >= 11 is 6.44. The minimum Gasteiger partial charge on any atom is -0.478 e. The SMILES string of the molecule is O=C(O)c1ccc(Nc2cnn(C34CC5CC(CC(C5)C3)C4)c(=O)c2Cl)cc1. The summed E-state index contributed by atoms with van der Waals surface area (Å²) in [6.45, 7) is 0.